The molecule has 0 aliphatic heterocycles. The normalized spacial score (nSPS) is 15.4. The van der Waals surface area contributed by atoms with E-state index in [9.17, 15) is 0 Å². The van der Waals surface area contributed by atoms with Crippen LogP contribution in [0.4, 0.5) is 0 Å². The molecule has 0 heterocycles. The van der Waals surface area contributed by atoms with Crippen molar-refractivity contribution in [2.75, 3.05) is 26.7 Å². The zero-order valence-electron chi connectivity index (χ0n) is 13.3. The lowest BCUT2D eigenvalue weighted by Crippen LogP contribution is -2.42. The van der Waals surface area contributed by atoms with E-state index >= 15 is 0 Å². The Morgan fingerprint density at radius 2 is 1.47 bits per heavy atom. The number of hydrogen-bond acceptors (Lipinski definition) is 2. The van der Waals surface area contributed by atoms with Crippen LogP contribution in [0.3, 0.4) is 0 Å². The van der Waals surface area contributed by atoms with Crippen LogP contribution >= 0.6 is 0 Å². The molecule has 104 valence electrons. The van der Waals surface area contributed by atoms with E-state index in [1.54, 1.807) is 0 Å². The van der Waals surface area contributed by atoms with Crippen LogP contribution in [0, 0.1) is 22.7 Å². The molecule has 0 radical (unpaired) electrons. The minimum absolute atomic E-state index is 0.328. The molecule has 0 bridgehead atoms. The van der Waals surface area contributed by atoms with Gasteiger partial charge in [0.1, 0.15) is 0 Å². The molecular formula is C15H34N2. The molecule has 17 heavy (non-hydrogen) atoms. The molecule has 0 saturated heterocycles. The Balaban J connectivity index is 4.12. The van der Waals surface area contributed by atoms with E-state index in [4.69, 9.17) is 0 Å². The van der Waals surface area contributed by atoms with Crippen LogP contribution in [0.25, 0.3) is 0 Å². The van der Waals surface area contributed by atoms with E-state index < -0.39 is 0 Å². The Morgan fingerprint density at radius 1 is 0.941 bits per heavy atom. The Kier molecular flexibility index (Phi) is 6.71. The molecule has 0 fully saturated rings. The zero-order chi connectivity index (χ0) is 13.7. The maximum Gasteiger partial charge on any atom is 0.000765 e. The van der Waals surface area contributed by atoms with Crippen LogP contribution in [0.5, 0.6) is 0 Å². The standard InChI is InChI=1S/C15H34N2/c1-12(2)13(9-16-8)10-17-11-15(6,7)14(3,4)5/h12-13,16-17H,9-11H2,1-8H3. The quantitative estimate of drug-likeness (QED) is 0.717. The monoisotopic (exact) mass is 242 g/mol. The first-order valence-corrected chi connectivity index (χ1v) is 6.97. The molecule has 0 aromatic carbocycles. The van der Waals surface area contributed by atoms with Gasteiger partial charge in [0.05, 0.1) is 0 Å². The lowest BCUT2D eigenvalue weighted by molar-refractivity contribution is 0.126. The van der Waals surface area contributed by atoms with Crippen molar-refractivity contribution in [2.24, 2.45) is 22.7 Å². The fourth-order valence-corrected chi connectivity index (χ4v) is 1.64. The van der Waals surface area contributed by atoms with Gasteiger partial charge in [0.2, 0.25) is 0 Å². The van der Waals surface area contributed by atoms with E-state index in [0.717, 1.165) is 31.5 Å². The van der Waals surface area contributed by atoms with Gasteiger partial charge in [0.25, 0.3) is 0 Å². The molecule has 0 rings (SSSR count). The summed E-state index contributed by atoms with van der Waals surface area (Å²) in [7, 11) is 2.04. The lowest BCUT2D eigenvalue weighted by atomic mass is 9.69. The molecule has 0 saturated carbocycles. The predicted octanol–water partition coefficient (Wildman–Crippen LogP) is 3.14. The molecule has 2 heteroatoms. The summed E-state index contributed by atoms with van der Waals surface area (Å²) >= 11 is 0. The van der Waals surface area contributed by atoms with Crippen LogP contribution in [0.1, 0.15) is 48.5 Å². The summed E-state index contributed by atoms with van der Waals surface area (Å²) < 4.78 is 0. The van der Waals surface area contributed by atoms with Gasteiger partial charge in [-0.1, -0.05) is 48.5 Å². The molecule has 0 amide bonds. The Hall–Kier alpha value is -0.0800. The van der Waals surface area contributed by atoms with Gasteiger partial charge in [-0.05, 0) is 42.8 Å². The van der Waals surface area contributed by atoms with Gasteiger partial charge in [-0.25, -0.2) is 0 Å². The summed E-state index contributed by atoms with van der Waals surface area (Å²) in [5.74, 6) is 1.45. The maximum atomic E-state index is 3.66. The highest BCUT2D eigenvalue weighted by atomic mass is 14.9. The minimum atomic E-state index is 0.328. The summed E-state index contributed by atoms with van der Waals surface area (Å²) in [6, 6.07) is 0. The first-order chi connectivity index (χ1) is 7.62. The Labute approximate surface area is 109 Å². The number of nitrogens with one attached hydrogen (secondary N) is 2. The van der Waals surface area contributed by atoms with Crippen LogP contribution in [-0.4, -0.2) is 26.7 Å². The smallest absolute Gasteiger partial charge is 0.000765 e. The van der Waals surface area contributed by atoms with Crippen molar-refractivity contribution in [3.8, 4) is 0 Å². The second-order valence-electron chi connectivity index (χ2n) is 7.33. The van der Waals surface area contributed by atoms with Crippen molar-refractivity contribution in [3.63, 3.8) is 0 Å². The Bertz CT molecular complexity index is 201. The van der Waals surface area contributed by atoms with Gasteiger partial charge in [-0.3, -0.25) is 0 Å². The van der Waals surface area contributed by atoms with E-state index in [1.807, 2.05) is 7.05 Å². The second kappa shape index (κ2) is 6.75. The summed E-state index contributed by atoms with van der Waals surface area (Å²) in [5, 5.41) is 6.95. The molecule has 0 aliphatic carbocycles. The van der Waals surface area contributed by atoms with Gasteiger partial charge >= 0.3 is 0 Å². The Morgan fingerprint density at radius 3 is 1.82 bits per heavy atom. The SMILES string of the molecule is CNCC(CNCC(C)(C)C(C)(C)C)C(C)C. The van der Waals surface area contributed by atoms with Crippen LogP contribution in [-0.2, 0) is 0 Å². The summed E-state index contributed by atoms with van der Waals surface area (Å²) in [5.41, 5.74) is 0.671. The molecule has 1 atom stereocenters. The van der Waals surface area contributed by atoms with Crippen LogP contribution in [0.15, 0.2) is 0 Å². The lowest BCUT2D eigenvalue weighted by Gasteiger charge is -2.39. The molecule has 0 aliphatic rings. The van der Waals surface area contributed by atoms with Crippen molar-refractivity contribution < 1.29 is 0 Å². The van der Waals surface area contributed by atoms with E-state index in [0.29, 0.717) is 10.8 Å². The molecule has 2 nitrogen and oxygen atoms in total. The largest absolute Gasteiger partial charge is 0.319 e. The molecule has 1 unspecified atom stereocenters. The van der Waals surface area contributed by atoms with E-state index in [2.05, 4.69) is 59.1 Å². The highest BCUT2D eigenvalue weighted by molar-refractivity contribution is 4.84. The second-order valence-corrected chi connectivity index (χ2v) is 7.33. The topological polar surface area (TPSA) is 24.1 Å². The van der Waals surface area contributed by atoms with Crippen molar-refractivity contribution in [1.29, 1.82) is 0 Å². The van der Waals surface area contributed by atoms with E-state index in [-0.39, 0.29) is 0 Å². The predicted molar refractivity (Wildman–Crippen MR) is 78.4 cm³/mol. The number of hydrogen-bond donors (Lipinski definition) is 2. The van der Waals surface area contributed by atoms with Gasteiger partial charge in [0, 0.05) is 6.54 Å². The fourth-order valence-electron chi connectivity index (χ4n) is 1.64. The highest BCUT2D eigenvalue weighted by Crippen LogP contribution is 2.36. The molecule has 0 spiro atoms. The first-order valence-electron chi connectivity index (χ1n) is 6.97. The van der Waals surface area contributed by atoms with Crippen molar-refractivity contribution >= 4 is 0 Å². The fraction of sp³-hybridized carbons (Fsp3) is 1.00. The zero-order valence-corrected chi connectivity index (χ0v) is 13.3. The van der Waals surface area contributed by atoms with Gasteiger partial charge in [0.15, 0.2) is 0 Å². The average molecular weight is 242 g/mol. The maximum absolute atomic E-state index is 3.66. The third-order valence-corrected chi connectivity index (χ3v) is 4.41. The third-order valence-electron chi connectivity index (χ3n) is 4.41. The summed E-state index contributed by atoms with van der Waals surface area (Å²) in [4.78, 5) is 0. The molecule has 0 aromatic rings. The van der Waals surface area contributed by atoms with Crippen molar-refractivity contribution in [1.82, 2.24) is 10.6 Å². The molecule has 0 aromatic heterocycles. The highest BCUT2D eigenvalue weighted by Gasteiger charge is 2.32. The number of rotatable bonds is 7. The van der Waals surface area contributed by atoms with Crippen molar-refractivity contribution in [3.05, 3.63) is 0 Å². The summed E-state index contributed by atoms with van der Waals surface area (Å²) in [6.45, 7) is 19.6. The van der Waals surface area contributed by atoms with Gasteiger partial charge in [-0.2, -0.15) is 0 Å². The summed E-state index contributed by atoms with van der Waals surface area (Å²) in [6.07, 6.45) is 0. The minimum Gasteiger partial charge on any atom is -0.319 e. The average Bonchev–Trinajstić information content (AvgIpc) is 2.14. The van der Waals surface area contributed by atoms with Gasteiger partial charge in [-0.15, -0.1) is 0 Å². The van der Waals surface area contributed by atoms with E-state index in [1.165, 1.54) is 0 Å². The van der Waals surface area contributed by atoms with Crippen molar-refractivity contribution in [2.45, 2.75) is 48.5 Å². The molecule has 2 N–H and O–H groups in total. The molecular weight excluding hydrogens is 208 g/mol. The van der Waals surface area contributed by atoms with Gasteiger partial charge < -0.3 is 10.6 Å². The third kappa shape index (κ3) is 5.87. The van der Waals surface area contributed by atoms with Crippen LogP contribution < -0.4 is 10.6 Å². The first kappa shape index (κ1) is 16.9. The van der Waals surface area contributed by atoms with Crippen LogP contribution in [0.2, 0.25) is 0 Å².